The number of ether oxygens (including phenoxy) is 1. The van der Waals surface area contributed by atoms with Gasteiger partial charge in [0.25, 0.3) is 0 Å². The van der Waals surface area contributed by atoms with E-state index >= 15 is 0 Å². The lowest BCUT2D eigenvalue weighted by Crippen LogP contribution is -2.31. The first-order valence-corrected chi connectivity index (χ1v) is 6.75. The normalized spacial score (nSPS) is 18.9. The Hall–Kier alpha value is -1.74. The molecule has 0 fully saturated rings. The molecular weight excluding hydrogens is 238 g/mol. The molecule has 0 saturated carbocycles. The van der Waals surface area contributed by atoms with Crippen molar-refractivity contribution < 1.29 is 9.15 Å². The average Bonchev–Trinajstić information content (AvgIpc) is 3.04. The quantitative estimate of drug-likeness (QED) is 0.913. The van der Waals surface area contributed by atoms with Gasteiger partial charge < -0.3 is 14.5 Å². The van der Waals surface area contributed by atoms with Crippen LogP contribution in [-0.2, 0) is 6.42 Å². The fraction of sp³-hybridized carbons (Fsp3) is 0.375. The van der Waals surface area contributed by atoms with Crippen LogP contribution in [0.1, 0.15) is 29.9 Å². The molecule has 0 amide bonds. The van der Waals surface area contributed by atoms with Crippen molar-refractivity contribution in [2.75, 3.05) is 6.54 Å². The van der Waals surface area contributed by atoms with E-state index in [1.54, 1.807) is 6.26 Å². The number of aryl methyl sites for hydroxylation is 1. The molecule has 0 radical (unpaired) electrons. The maximum absolute atomic E-state index is 5.94. The van der Waals surface area contributed by atoms with Crippen LogP contribution in [0.2, 0.25) is 0 Å². The second kappa shape index (κ2) is 5.10. The highest BCUT2D eigenvalue weighted by atomic mass is 16.5. The van der Waals surface area contributed by atoms with Crippen LogP contribution in [0.3, 0.4) is 0 Å². The molecule has 1 unspecified atom stereocenters. The Morgan fingerprint density at radius 1 is 1.37 bits per heavy atom. The smallest absolute Gasteiger partial charge is 0.123 e. The zero-order valence-corrected chi connectivity index (χ0v) is 11.3. The summed E-state index contributed by atoms with van der Waals surface area (Å²) in [5, 5.41) is 3.46. The topological polar surface area (TPSA) is 34.4 Å². The molecule has 1 N–H and O–H groups in total. The van der Waals surface area contributed by atoms with Crippen molar-refractivity contribution in [3.63, 3.8) is 0 Å². The maximum atomic E-state index is 5.94. The molecule has 1 aliphatic heterocycles. The van der Waals surface area contributed by atoms with Crippen LogP contribution in [0, 0.1) is 6.92 Å². The standard InChI is InChI=1S/C16H19NO2/c1-11-5-6-16-13(8-11)9-14(19-16)10-17-12(2)15-4-3-7-18-15/h3-8,12,14,17H,9-10H2,1-2H3/t12-,14?/m1/s1. The van der Waals surface area contributed by atoms with Crippen molar-refractivity contribution in [3.8, 4) is 5.75 Å². The zero-order valence-electron chi connectivity index (χ0n) is 11.3. The SMILES string of the molecule is Cc1ccc2c(c1)CC(CN[C@H](C)c1ccco1)O2. The number of fused-ring (bicyclic) bond motifs is 1. The summed E-state index contributed by atoms with van der Waals surface area (Å²) in [5.41, 5.74) is 2.61. The largest absolute Gasteiger partial charge is 0.488 e. The number of furan rings is 1. The van der Waals surface area contributed by atoms with Crippen molar-refractivity contribution in [3.05, 3.63) is 53.5 Å². The highest BCUT2D eigenvalue weighted by molar-refractivity contribution is 5.40. The molecule has 2 atom stereocenters. The van der Waals surface area contributed by atoms with E-state index in [9.17, 15) is 0 Å². The minimum Gasteiger partial charge on any atom is -0.488 e. The van der Waals surface area contributed by atoms with Crippen LogP contribution in [0.15, 0.2) is 41.0 Å². The Morgan fingerprint density at radius 2 is 2.26 bits per heavy atom. The van der Waals surface area contributed by atoms with Crippen LogP contribution in [0.25, 0.3) is 0 Å². The van der Waals surface area contributed by atoms with Gasteiger partial charge in [-0.3, -0.25) is 0 Å². The third kappa shape index (κ3) is 2.66. The van der Waals surface area contributed by atoms with Gasteiger partial charge in [0.2, 0.25) is 0 Å². The van der Waals surface area contributed by atoms with Gasteiger partial charge in [0.1, 0.15) is 17.6 Å². The third-order valence-electron chi connectivity index (χ3n) is 3.58. The summed E-state index contributed by atoms with van der Waals surface area (Å²) in [6.07, 6.45) is 2.90. The molecule has 3 rings (SSSR count). The van der Waals surface area contributed by atoms with Crippen LogP contribution < -0.4 is 10.1 Å². The summed E-state index contributed by atoms with van der Waals surface area (Å²) in [6, 6.07) is 10.5. The number of nitrogens with one attached hydrogen (secondary N) is 1. The molecule has 1 aromatic carbocycles. The molecule has 19 heavy (non-hydrogen) atoms. The predicted molar refractivity (Wildman–Crippen MR) is 74.4 cm³/mol. The van der Waals surface area contributed by atoms with Crippen molar-refractivity contribution in [2.45, 2.75) is 32.4 Å². The van der Waals surface area contributed by atoms with Gasteiger partial charge in [-0.2, -0.15) is 0 Å². The van der Waals surface area contributed by atoms with E-state index < -0.39 is 0 Å². The van der Waals surface area contributed by atoms with Gasteiger partial charge in [0.05, 0.1) is 12.3 Å². The molecule has 2 heterocycles. The van der Waals surface area contributed by atoms with Crippen molar-refractivity contribution in [1.29, 1.82) is 0 Å². The van der Waals surface area contributed by atoms with E-state index in [1.807, 2.05) is 12.1 Å². The summed E-state index contributed by atoms with van der Waals surface area (Å²) in [5.74, 6) is 1.99. The Labute approximate surface area is 113 Å². The van der Waals surface area contributed by atoms with Crippen molar-refractivity contribution in [2.24, 2.45) is 0 Å². The van der Waals surface area contributed by atoms with Gasteiger partial charge in [-0.15, -0.1) is 0 Å². The minimum atomic E-state index is 0.212. The first-order valence-electron chi connectivity index (χ1n) is 6.75. The van der Waals surface area contributed by atoms with Crippen molar-refractivity contribution in [1.82, 2.24) is 5.32 Å². The summed E-state index contributed by atoms with van der Waals surface area (Å²) in [6.45, 7) is 5.05. The molecule has 0 spiro atoms. The van der Waals surface area contributed by atoms with Gasteiger partial charge in [0.15, 0.2) is 0 Å². The molecule has 0 aliphatic carbocycles. The highest BCUT2D eigenvalue weighted by Gasteiger charge is 2.23. The van der Waals surface area contributed by atoms with E-state index in [1.165, 1.54) is 11.1 Å². The average molecular weight is 257 g/mol. The fourth-order valence-corrected chi connectivity index (χ4v) is 2.51. The highest BCUT2D eigenvalue weighted by Crippen LogP contribution is 2.29. The summed E-state index contributed by atoms with van der Waals surface area (Å²) < 4.78 is 11.3. The maximum Gasteiger partial charge on any atom is 0.123 e. The minimum absolute atomic E-state index is 0.212. The van der Waals surface area contributed by atoms with E-state index in [2.05, 4.69) is 37.4 Å². The van der Waals surface area contributed by atoms with E-state index in [4.69, 9.17) is 9.15 Å². The lowest BCUT2D eigenvalue weighted by Gasteiger charge is -2.15. The van der Waals surface area contributed by atoms with E-state index in [0.717, 1.165) is 24.5 Å². The lowest BCUT2D eigenvalue weighted by molar-refractivity contribution is 0.220. The van der Waals surface area contributed by atoms with Crippen molar-refractivity contribution >= 4 is 0 Å². The lowest BCUT2D eigenvalue weighted by atomic mass is 10.1. The third-order valence-corrected chi connectivity index (χ3v) is 3.58. The van der Waals surface area contributed by atoms with Gasteiger partial charge in [0, 0.05) is 13.0 Å². The summed E-state index contributed by atoms with van der Waals surface area (Å²) in [7, 11) is 0. The summed E-state index contributed by atoms with van der Waals surface area (Å²) >= 11 is 0. The van der Waals surface area contributed by atoms with E-state index in [0.29, 0.717) is 0 Å². The molecular formula is C16H19NO2. The Kier molecular flexibility index (Phi) is 3.30. The number of hydrogen-bond acceptors (Lipinski definition) is 3. The second-order valence-electron chi connectivity index (χ2n) is 5.20. The zero-order chi connectivity index (χ0) is 13.2. The fourth-order valence-electron chi connectivity index (χ4n) is 2.51. The number of rotatable bonds is 4. The molecule has 3 nitrogen and oxygen atoms in total. The first-order chi connectivity index (χ1) is 9.22. The Balaban J connectivity index is 1.56. The first kappa shape index (κ1) is 12.3. The predicted octanol–water partition coefficient (Wildman–Crippen LogP) is 3.24. The molecule has 1 aliphatic rings. The Bertz CT molecular complexity index is 548. The molecule has 1 aromatic heterocycles. The number of hydrogen-bond donors (Lipinski definition) is 1. The monoisotopic (exact) mass is 257 g/mol. The van der Waals surface area contributed by atoms with Gasteiger partial charge in [-0.1, -0.05) is 17.7 Å². The van der Waals surface area contributed by atoms with Crippen LogP contribution in [0.5, 0.6) is 5.75 Å². The van der Waals surface area contributed by atoms with Crippen LogP contribution >= 0.6 is 0 Å². The van der Waals surface area contributed by atoms with Gasteiger partial charge in [-0.05, 0) is 37.6 Å². The Morgan fingerprint density at radius 3 is 3.05 bits per heavy atom. The molecule has 2 aromatic rings. The van der Waals surface area contributed by atoms with Gasteiger partial charge in [-0.25, -0.2) is 0 Å². The second-order valence-corrected chi connectivity index (χ2v) is 5.20. The molecule has 100 valence electrons. The van der Waals surface area contributed by atoms with Crippen LogP contribution in [-0.4, -0.2) is 12.6 Å². The summed E-state index contributed by atoms with van der Waals surface area (Å²) in [4.78, 5) is 0. The van der Waals surface area contributed by atoms with E-state index in [-0.39, 0.29) is 12.1 Å². The molecule has 0 bridgehead atoms. The van der Waals surface area contributed by atoms with Gasteiger partial charge >= 0.3 is 0 Å². The molecule has 0 saturated heterocycles. The van der Waals surface area contributed by atoms with Crippen LogP contribution in [0.4, 0.5) is 0 Å². The molecule has 3 heteroatoms. The number of benzene rings is 1.